The number of hydrogen-bond acceptors (Lipinski definition) is 9. The summed E-state index contributed by atoms with van der Waals surface area (Å²) in [4.78, 5) is 60.9. The van der Waals surface area contributed by atoms with Crippen molar-refractivity contribution >= 4 is 29.6 Å². The average Bonchev–Trinajstić information content (AvgIpc) is 2.87. The summed E-state index contributed by atoms with van der Waals surface area (Å²) in [7, 11) is 1.17. The van der Waals surface area contributed by atoms with Crippen LogP contribution in [-0.4, -0.2) is 52.9 Å². The van der Waals surface area contributed by atoms with Gasteiger partial charge in [0, 0.05) is 18.2 Å². The standard InChI is InChI=1S/C23H22N4O8/c1-34-18(28)12-11-17-20(21(29)25-17)26(22(30)19(24)15-5-3-2-4-6-15)23(31)35-13-14-7-9-16(10-8-14)27(32)33/h2-12,17,19-20H,13,24H2,1H3,(H,25,29)/t17?,19-,20?/m0/s1. The molecule has 2 unspecified atom stereocenters. The van der Waals surface area contributed by atoms with Gasteiger partial charge in [0.15, 0.2) is 0 Å². The van der Waals surface area contributed by atoms with Crippen LogP contribution in [0, 0.1) is 10.1 Å². The lowest BCUT2D eigenvalue weighted by Gasteiger charge is -2.41. The molecule has 1 aliphatic heterocycles. The van der Waals surface area contributed by atoms with Crippen LogP contribution in [-0.2, 0) is 30.5 Å². The summed E-state index contributed by atoms with van der Waals surface area (Å²) in [5, 5.41) is 13.3. The quantitative estimate of drug-likeness (QED) is 0.185. The molecule has 0 radical (unpaired) electrons. The number of non-ortho nitro benzene ring substituents is 1. The minimum absolute atomic E-state index is 0.142. The summed E-state index contributed by atoms with van der Waals surface area (Å²) in [6.07, 6.45) is 1.20. The van der Waals surface area contributed by atoms with E-state index in [0.29, 0.717) is 16.0 Å². The molecule has 3 atom stereocenters. The number of esters is 1. The molecule has 0 saturated carbocycles. The molecule has 2 aromatic carbocycles. The monoisotopic (exact) mass is 482 g/mol. The molecule has 3 N–H and O–H groups in total. The summed E-state index contributed by atoms with van der Waals surface area (Å²) >= 11 is 0. The highest BCUT2D eigenvalue weighted by Crippen LogP contribution is 2.23. The van der Waals surface area contributed by atoms with E-state index >= 15 is 0 Å². The molecule has 1 heterocycles. The lowest BCUT2D eigenvalue weighted by Crippen LogP contribution is -2.71. The van der Waals surface area contributed by atoms with E-state index in [1.165, 1.54) is 37.5 Å². The van der Waals surface area contributed by atoms with Crippen molar-refractivity contribution in [2.75, 3.05) is 7.11 Å². The number of ether oxygens (including phenoxy) is 2. The van der Waals surface area contributed by atoms with Crippen LogP contribution in [0.5, 0.6) is 0 Å². The first-order valence-electron chi connectivity index (χ1n) is 10.3. The number of nitro benzene ring substituents is 1. The van der Waals surface area contributed by atoms with Gasteiger partial charge in [-0.2, -0.15) is 0 Å². The number of carbonyl (C=O) groups is 4. The molecule has 1 aliphatic rings. The third-order valence-corrected chi connectivity index (χ3v) is 5.21. The first-order chi connectivity index (χ1) is 16.7. The molecule has 3 rings (SSSR count). The average molecular weight is 482 g/mol. The van der Waals surface area contributed by atoms with Crippen molar-refractivity contribution in [2.45, 2.75) is 24.7 Å². The highest BCUT2D eigenvalue weighted by atomic mass is 16.6. The number of carbonyl (C=O) groups excluding carboxylic acids is 4. The molecule has 3 amide bonds. The predicted molar refractivity (Wildman–Crippen MR) is 120 cm³/mol. The molecule has 12 nitrogen and oxygen atoms in total. The number of amides is 3. The van der Waals surface area contributed by atoms with E-state index in [9.17, 15) is 29.3 Å². The van der Waals surface area contributed by atoms with Crippen LogP contribution >= 0.6 is 0 Å². The normalized spacial score (nSPS) is 17.6. The summed E-state index contributed by atoms with van der Waals surface area (Å²) < 4.78 is 9.76. The van der Waals surface area contributed by atoms with Gasteiger partial charge in [-0.15, -0.1) is 0 Å². The van der Waals surface area contributed by atoms with Crippen molar-refractivity contribution < 1.29 is 33.6 Å². The van der Waals surface area contributed by atoms with Crippen LogP contribution in [0.3, 0.4) is 0 Å². The third kappa shape index (κ3) is 5.86. The van der Waals surface area contributed by atoms with Crippen molar-refractivity contribution in [1.82, 2.24) is 10.2 Å². The fraction of sp³-hybridized carbons (Fsp3) is 0.217. The van der Waals surface area contributed by atoms with Gasteiger partial charge in [-0.25, -0.2) is 14.5 Å². The van der Waals surface area contributed by atoms with E-state index in [1.54, 1.807) is 30.3 Å². The second kappa shape index (κ2) is 11.0. The van der Waals surface area contributed by atoms with Crippen LogP contribution in [0.15, 0.2) is 66.7 Å². The number of rotatable bonds is 8. The Labute approximate surface area is 199 Å². The topological polar surface area (TPSA) is 171 Å². The first-order valence-corrected chi connectivity index (χ1v) is 10.3. The number of nitrogens with zero attached hydrogens (tertiary/aromatic N) is 2. The van der Waals surface area contributed by atoms with Gasteiger partial charge in [0.2, 0.25) is 5.91 Å². The van der Waals surface area contributed by atoms with Gasteiger partial charge in [0.05, 0.1) is 18.1 Å². The number of methoxy groups -OCH3 is 1. The zero-order chi connectivity index (χ0) is 25.5. The lowest BCUT2D eigenvalue weighted by molar-refractivity contribution is -0.384. The van der Waals surface area contributed by atoms with Crippen molar-refractivity contribution in [3.05, 3.63) is 88.0 Å². The van der Waals surface area contributed by atoms with E-state index in [0.717, 1.165) is 6.08 Å². The maximum absolute atomic E-state index is 13.3. The Morgan fingerprint density at radius 1 is 1.17 bits per heavy atom. The molecule has 0 spiro atoms. The number of nitro groups is 1. The van der Waals surface area contributed by atoms with Crippen molar-refractivity contribution in [2.24, 2.45) is 5.73 Å². The fourth-order valence-corrected chi connectivity index (χ4v) is 3.30. The van der Waals surface area contributed by atoms with Crippen molar-refractivity contribution in [3.63, 3.8) is 0 Å². The molecule has 0 aliphatic carbocycles. The van der Waals surface area contributed by atoms with E-state index in [2.05, 4.69) is 10.1 Å². The van der Waals surface area contributed by atoms with Crippen molar-refractivity contribution in [1.29, 1.82) is 0 Å². The molecule has 182 valence electrons. The van der Waals surface area contributed by atoms with Crippen LogP contribution in [0.25, 0.3) is 0 Å². The van der Waals surface area contributed by atoms with Gasteiger partial charge in [0.25, 0.3) is 11.6 Å². The minimum Gasteiger partial charge on any atom is -0.466 e. The van der Waals surface area contributed by atoms with E-state index in [-0.39, 0.29) is 12.3 Å². The second-order valence-corrected chi connectivity index (χ2v) is 7.44. The molecular formula is C23H22N4O8. The van der Waals surface area contributed by atoms with Crippen LogP contribution in [0.2, 0.25) is 0 Å². The number of nitrogens with one attached hydrogen (secondary N) is 1. The number of imide groups is 1. The fourth-order valence-electron chi connectivity index (χ4n) is 3.30. The van der Waals surface area contributed by atoms with E-state index < -0.39 is 46.9 Å². The van der Waals surface area contributed by atoms with Crippen LogP contribution in [0.4, 0.5) is 10.5 Å². The molecule has 1 saturated heterocycles. The number of nitrogens with two attached hydrogens (primary N) is 1. The van der Waals surface area contributed by atoms with E-state index in [1.807, 2.05) is 0 Å². The molecule has 1 fully saturated rings. The molecule has 2 aromatic rings. The number of hydrogen-bond donors (Lipinski definition) is 2. The summed E-state index contributed by atoms with van der Waals surface area (Å²) in [5.41, 5.74) is 6.78. The Kier molecular flexibility index (Phi) is 7.89. The Balaban J connectivity index is 1.83. The number of β-lactam (4-membered cyclic amide) rings is 1. The SMILES string of the molecule is COC(=O)C=CC1NC(=O)C1N(C(=O)OCc1ccc([N+](=O)[O-])cc1)C(=O)[C@@H](N)c1ccccc1. The number of benzene rings is 2. The zero-order valence-corrected chi connectivity index (χ0v) is 18.5. The minimum atomic E-state index is -1.32. The van der Waals surface area contributed by atoms with Gasteiger partial charge in [0.1, 0.15) is 18.7 Å². The first kappa shape index (κ1) is 25.1. The van der Waals surface area contributed by atoms with Crippen LogP contribution in [0.1, 0.15) is 17.2 Å². The highest BCUT2D eigenvalue weighted by molar-refractivity contribution is 6.03. The Hall–Kier alpha value is -4.58. The van der Waals surface area contributed by atoms with Gasteiger partial charge in [-0.05, 0) is 23.3 Å². The molecule has 35 heavy (non-hydrogen) atoms. The van der Waals surface area contributed by atoms with Gasteiger partial charge in [-0.3, -0.25) is 19.7 Å². The lowest BCUT2D eigenvalue weighted by atomic mass is 9.95. The summed E-state index contributed by atoms with van der Waals surface area (Å²) in [5.74, 6) is -2.23. The highest BCUT2D eigenvalue weighted by Gasteiger charge is 2.49. The zero-order valence-electron chi connectivity index (χ0n) is 18.5. The summed E-state index contributed by atoms with van der Waals surface area (Å²) in [6, 6.07) is 10.0. The maximum atomic E-state index is 13.3. The molecule has 0 aromatic heterocycles. The smallest absolute Gasteiger partial charge is 0.417 e. The molecular weight excluding hydrogens is 460 g/mol. The Bertz CT molecular complexity index is 1150. The predicted octanol–water partition coefficient (Wildman–Crippen LogP) is 1.36. The third-order valence-electron chi connectivity index (χ3n) is 5.21. The van der Waals surface area contributed by atoms with Gasteiger partial charge >= 0.3 is 12.1 Å². The molecule has 12 heteroatoms. The Morgan fingerprint density at radius 2 is 1.83 bits per heavy atom. The Morgan fingerprint density at radius 3 is 2.40 bits per heavy atom. The van der Waals surface area contributed by atoms with Gasteiger partial charge < -0.3 is 20.5 Å². The van der Waals surface area contributed by atoms with Crippen molar-refractivity contribution in [3.8, 4) is 0 Å². The second-order valence-electron chi connectivity index (χ2n) is 7.44. The molecule has 0 bridgehead atoms. The summed E-state index contributed by atoms with van der Waals surface area (Å²) in [6.45, 7) is -0.321. The largest absolute Gasteiger partial charge is 0.466 e. The van der Waals surface area contributed by atoms with E-state index in [4.69, 9.17) is 10.5 Å². The van der Waals surface area contributed by atoms with Crippen LogP contribution < -0.4 is 11.1 Å². The van der Waals surface area contributed by atoms with Gasteiger partial charge in [-0.1, -0.05) is 36.4 Å². The maximum Gasteiger partial charge on any atom is 0.417 e.